The Balaban J connectivity index is 1.09. The zero-order chi connectivity index (χ0) is 30.9. The average Bonchev–Trinajstić information content (AvgIpc) is 3.68. The topological polar surface area (TPSA) is 62.8 Å². The average molecular weight is 603 g/mol. The molecule has 220 valence electrons. The fourth-order valence-electron chi connectivity index (χ4n) is 7.18. The van der Waals surface area contributed by atoms with Crippen molar-refractivity contribution in [1.29, 1.82) is 0 Å². The summed E-state index contributed by atoms with van der Waals surface area (Å²) in [4.78, 5) is 14.8. The van der Waals surface area contributed by atoms with Gasteiger partial charge in [-0.2, -0.15) is 0 Å². The molecular formula is C42H26N4O. The minimum absolute atomic E-state index is 0.501. The standard InChI is InChI=1S/C42H26N4O/c1-3-9-26(10-4-1)40-44-41(27-11-5-2-6-12-27)46-42(45-40)35-23-43-24-37-39(35)33-20-18-29(22-36(33)47-37)28-17-19-30-31-15-7-13-25-14-8-16-32(38(25)31)34(30)21-28/h1-24,42H,(H,44,45,46). The SMILES string of the molecule is c1ccc(C2=NC(c3cncc4oc5cc(-c6ccc7c(c6)-c6cccc8cccc-7c68)ccc5c34)N=C(c3ccccc3)N2)cc1. The van der Waals surface area contributed by atoms with Crippen LogP contribution in [-0.4, -0.2) is 16.7 Å². The zero-order valence-electron chi connectivity index (χ0n) is 25.2. The quantitative estimate of drug-likeness (QED) is 0.218. The van der Waals surface area contributed by atoms with Crippen LogP contribution < -0.4 is 5.32 Å². The van der Waals surface area contributed by atoms with Gasteiger partial charge in [-0.05, 0) is 62.4 Å². The largest absolute Gasteiger partial charge is 0.454 e. The Morgan fingerprint density at radius 2 is 1.15 bits per heavy atom. The molecule has 10 rings (SSSR count). The lowest BCUT2D eigenvalue weighted by molar-refractivity contribution is 0.665. The molecule has 0 bridgehead atoms. The van der Waals surface area contributed by atoms with Crippen LogP contribution in [0.2, 0.25) is 0 Å². The van der Waals surface area contributed by atoms with Crippen LogP contribution in [0.3, 0.4) is 0 Å². The second-order valence-corrected chi connectivity index (χ2v) is 12.1. The molecule has 3 heterocycles. The Morgan fingerprint density at radius 3 is 1.87 bits per heavy atom. The van der Waals surface area contributed by atoms with Crippen molar-refractivity contribution in [1.82, 2.24) is 10.3 Å². The summed E-state index contributed by atoms with van der Waals surface area (Å²) in [5, 5.41) is 8.09. The molecule has 8 aromatic rings. The summed E-state index contributed by atoms with van der Waals surface area (Å²) >= 11 is 0. The summed E-state index contributed by atoms with van der Waals surface area (Å²) in [6, 6.07) is 46.8. The molecule has 1 aliphatic heterocycles. The fraction of sp³-hybridized carbons (Fsp3) is 0.0238. The van der Waals surface area contributed by atoms with E-state index >= 15 is 0 Å². The van der Waals surface area contributed by atoms with Crippen LogP contribution in [0, 0.1) is 0 Å². The van der Waals surface area contributed by atoms with E-state index in [4.69, 9.17) is 14.4 Å². The summed E-state index contributed by atoms with van der Waals surface area (Å²) in [7, 11) is 0. The van der Waals surface area contributed by atoms with Gasteiger partial charge in [0.15, 0.2) is 11.7 Å². The molecule has 0 amide bonds. The second kappa shape index (κ2) is 10.1. The van der Waals surface area contributed by atoms with Crippen LogP contribution in [0.15, 0.2) is 160 Å². The number of fused-ring (bicyclic) bond motifs is 6. The first-order valence-electron chi connectivity index (χ1n) is 15.8. The minimum atomic E-state index is -0.501. The minimum Gasteiger partial charge on any atom is -0.454 e. The van der Waals surface area contributed by atoms with Crippen LogP contribution in [0.4, 0.5) is 0 Å². The molecular weight excluding hydrogens is 576 g/mol. The predicted octanol–water partition coefficient (Wildman–Crippen LogP) is 9.94. The first-order valence-corrected chi connectivity index (χ1v) is 15.8. The number of rotatable bonds is 4. The molecule has 47 heavy (non-hydrogen) atoms. The Hall–Kier alpha value is -6.33. The van der Waals surface area contributed by atoms with E-state index in [9.17, 15) is 0 Å². The van der Waals surface area contributed by atoms with Crippen molar-refractivity contribution in [3.05, 3.63) is 163 Å². The van der Waals surface area contributed by atoms with Gasteiger partial charge in [-0.15, -0.1) is 0 Å². The van der Waals surface area contributed by atoms with E-state index in [1.54, 1.807) is 6.20 Å². The molecule has 0 unspecified atom stereocenters. The molecule has 5 nitrogen and oxygen atoms in total. The van der Waals surface area contributed by atoms with Gasteiger partial charge in [-0.25, -0.2) is 9.98 Å². The van der Waals surface area contributed by atoms with Crippen molar-refractivity contribution in [3.63, 3.8) is 0 Å². The van der Waals surface area contributed by atoms with E-state index in [1.807, 2.05) is 42.6 Å². The van der Waals surface area contributed by atoms with E-state index in [2.05, 4.69) is 107 Å². The Labute approximate surface area is 270 Å². The van der Waals surface area contributed by atoms with Crippen molar-refractivity contribution in [2.24, 2.45) is 9.98 Å². The molecule has 5 heteroatoms. The third kappa shape index (κ3) is 4.07. The van der Waals surface area contributed by atoms with E-state index in [1.165, 1.54) is 33.0 Å². The molecule has 0 saturated carbocycles. The van der Waals surface area contributed by atoms with E-state index in [-0.39, 0.29) is 0 Å². The number of hydrogen-bond donors (Lipinski definition) is 1. The highest BCUT2D eigenvalue weighted by atomic mass is 16.3. The van der Waals surface area contributed by atoms with Gasteiger partial charge in [-0.1, -0.05) is 115 Å². The summed E-state index contributed by atoms with van der Waals surface area (Å²) < 4.78 is 6.48. The van der Waals surface area contributed by atoms with E-state index in [0.717, 1.165) is 61.4 Å². The molecule has 0 saturated heterocycles. The molecule has 0 atom stereocenters. The van der Waals surface area contributed by atoms with Gasteiger partial charge >= 0.3 is 0 Å². The first-order chi connectivity index (χ1) is 23.3. The Bertz CT molecular complexity index is 2540. The van der Waals surface area contributed by atoms with Crippen molar-refractivity contribution in [2.45, 2.75) is 6.17 Å². The number of amidine groups is 2. The fourth-order valence-corrected chi connectivity index (χ4v) is 7.18. The summed E-state index contributed by atoms with van der Waals surface area (Å²) in [6.45, 7) is 0. The number of aromatic nitrogens is 1. The second-order valence-electron chi connectivity index (χ2n) is 12.1. The van der Waals surface area contributed by atoms with Gasteiger partial charge in [0.1, 0.15) is 17.3 Å². The van der Waals surface area contributed by atoms with Crippen molar-refractivity contribution in [3.8, 4) is 33.4 Å². The van der Waals surface area contributed by atoms with Gasteiger partial charge in [0.05, 0.1) is 6.20 Å². The maximum absolute atomic E-state index is 6.48. The number of pyridine rings is 1. The molecule has 0 spiro atoms. The van der Waals surface area contributed by atoms with Crippen LogP contribution >= 0.6 is 0 Å². The van der Waals surface area contributed by atoms with E-state index in [0.29, 0.717) is 0 Å². The zero-order valence-corrected chi connectivity index (χ0v) is 25.2. The van der Waals surface area contributed by atoms with Gasteiger partial charge in [-0.3, -0.25) is 4.98 Å². The van der Waals surface area contributed by atoms with Crippen LogP contribution in [0.1, 0.15) is 22.9 Å². The third-order valence-corrected chi connectivity index (χ3v) is 9.36. The number of aliphatic imine (C=N–C) groups is 2. The number of benzene rings is 6. The number of furan rings is 1. The lowest BCUT2D eigenvalue weighted by Gasteiger charge is -2.22. The van der Waals surface area contributed by atoms with Gasteiger partial charge in [0.25, 0.3) is 0 Å². The number of hydrogen-bond acceptors (Lipinski definition) is 5. The maximum Gasteiger partial charge on any atom is 0.172 e. The van der Waals surface area contributed by atoms with Crippen molar-refractivity contribution >= 4 is 44.4 Å². The monoisotopic (exact) mass is 602 g/mol. The predicted molar refractivity (Wildman–Crippen MR) is 191 cm³/mol. The molecule has 1 aliphatic carbocycles. The van der Waals surface area contributed by atoms with Gasteiger partial charge in [0.2, 0.25) is 0 Å². The molecule has 2 aliphatic rings. The molecule has 0 fully saturated rings. The van der Waals surface area contributed by atoms with Gasteiger partial charge < -0.3 is 9.73 Å². The Morgan fingerprint density at radius 1 is 0.489 bits per heavy atom. The van der Waals surface area contributed by atoms with Crippen LogP contribution in [0.5, 0.6) is 0 Å². The highest BCUT2D eigenvalue weighted by Gasteiger charge is 2.25. The maximum atomic E-state index is 6.48. The summed E-state index contributed by atoms with van der Waals surface area (Å²) in [6.07, 6.45) is 3.16. The molecule has 1 N–H and O–H groups in total. The first kappa shape index (κ1) is 25.9. The van der Waals surface area contributed by atoms with Crippen LogP contribution in [0.25, 0.3) is 66.1 Å². The molecule has 2 aromatic heterocycles. The third-order valence-electron chi connectivity index (χ3n) is 9.36. The van der Waals surface area contributed by atoms with Crippen molar-refractivity contribution < 1.29 is 4.42 Å². The highest BCUT2D eigenvalue weighted by Crippen LogP contribution is 2.48. The van der Waals surface area contributed by atoms with Crippen molar-refractivity contribution in [2.75, 3.05) is 0 Å². The van der Waals surface area contributed by atoms with Crippen LogP contribution in [-0.2, 0) is 0 Å². The number of nitrogens with zero attached hydrogens (tertiary/aromatic N) is 3. The summed E-state index contributed by atoms with van der Waals surface area (Å²) in [5.74, 6) is 1.54. The molecule has 0 radical (unpaired) electrons. The summed E-state index contributed by atoms with van der Waals surface area (Å²) in [5.41, 5.74) is 11.8. The van der Waals surface area contributed by atoms with Gasteiger partial charge in [0, 0.05) is 33.7 Å². The normalized spacial score (nSPS) is 13.9. The Kier molecular flexibility index (Phi) is 5.57. The van der Waals surface area contributed by atoms with E-state index < -0.39 is 6.17 Å². The smallest absolute Gasteiger partial charge is 0.172 e. The lowest BCUT2D eigenvalue weighted by atomic mass is 9.96. The number of nitrogens with one attached hydrogen (secondary N) is 1. The highest BCUT2D eigenvalue weighted by molar-refractivity contribution is 6.17. The molecule has 6 aromatic carbocycles. The lowest BCUT2D eigenvalue weighted by Crippen LogP contribution is -2.36.